The van der Waals surface area contributed by atoms with Gasteiger partial charge in [0, 0.05) is 11.8 Å². The smallest absolute Gasteiger partial charge is 0.322 e. The van der Waals surface area contributed by atoms with E-state index >= 15 is 0 Å². The number of amides is 1. The Labute approximate surface area is 150 Å². The van der Waals surface area contributed by atoms with Crippen molar-refractivity contribution in [2.75, 3.05) is 6.54 Å². The molecule has 2 unspecified atom stereocenters. The molecule has 2 aromatic rings. The number of benzene rings is 2. The lowest BCUT2D eigenvalue weighted by Crippen LogP contribution is -2.54. The summed E-state index contributed by atoms with van der Waals surface area (Å²) >= 11 is 0. The summed E-state index contributed by atoms with van der Waals surface area (Å²) in [5.41, 5.74) is 1.53. The van der Waals surface area contributed by atoms with Crippen molar-refractivity contribution in [1.29, 1.82) is 0 Å². The first-order valence-electron chi connectivity index (χ1n) is 8.33. The van der Waals surface area contributed by atoms with Crippen molar-refractivity contribution >= 4 is 17.8 Å². The van der Waals surface area contributed by atoms with E-state index in [4.69, 9.17) is 5.11 Å². The zero-order valence-corrected chi connectivity index (χ0v) is 13.9. The molecule has 0 bridgehead atoms. The van der Waals surface area contributed by atoms with Crippen LogP contribution in [-0.4, -0.2) is 34.6 Å². The molecule has 1 amide bonds. The molecular weight excluding hydrogens is 334 g/mol. The van der Waals surface area contributed by atoms with Gasteiger partial charge >= 0.3 is 11.9 Å². The number of hydrogen-bond acceptors (Lipinski definition) is 3. The Morgan fingerprint density at radius 2 is 1.23 bits per heavy atom. The van der Waals surface area contributed by atoms with Crippen molar-refractivity contribution in [3.05, 3.63) is 71.8 Å². The van der Waals surface area contributed by atoms with Gasteiger partial charge in [0.05, 0.1) is 11.8 Å². The Balaban J connectivity index is 1.99. The standard InChI is InChI=1S/C20H19NO5/c22-14(23)11-21-19(24)17-15(12-7-3-1-4-8-12)18(20(25)26)16(17)13-9-5-2-6-10-13/h1-10,15-18H,11H2,(H,21,24)(H,22,23)(H,25,26)/t15-,16+,17?,18?. The molecule has 2 aromatic carbocycles. The van der Waals surface area contributed by atoms with Gasteiger partial charge in [0.1, 0.15) is 6.54 Å². The molecular formula is C20H19NO5. The molecule has 0 saturated heterocycles. The van der Waals surface area contributed by atoms with E-state index in [2.05, 4.69) is 5.32 Å². The molecule has 6 heteroatoms. The third-order valence-corrected chi connectivity index (χ3v) is 4.92. The number of rotatable bonds is 6. The summed E-state index contributed by atoms with van der Waals surface area (Å²) in [5, 5.41) is 21.0. The van der Waals surface area contributed by atoms with Crippen LogP contribution < -0.4 is 5.32 Å². The molecule has 0 spiro atoms. The van der Waals surface area contributed by atoms with E-state index in [-0.39, 0.29) is 0 Å². The van der Waals surface area contributed by atoms with Gasteiger partial charge in [-0.1, -0.05) is 60.7 Å². The normalized spacial score (nSPS) is 24.3. The molecule has 1 saturated carbocycles. The number of carboxylic acid groups (broad SMARTS) is 2. The third-order valence-electron chi connectivity index (χ3n) is 4.92. The van der Waals surface area contributed by atoms with Crippen LogP contribution in [0.25, 0.3) is 0 Å². The van der Waals surface area contributed by atoms with Gasteiger partial charge in [0.25, 0.3) is 0 Å². The van der Waals surface area contributed by atoms with Crippen molar-refractivity contribution < 1.29 is 24.6 Å². The molecule has 134 valence electrons. The molecule has 6 nitrogen and oxygen atoms in total. The maximum Gasteiger partial charge on any atom is 0.322 e. The Bertz CT molecular complexity index is 758. The van der Waals surface area contributed by atoms with Crippen LogP contribution in [0.5, 0.6) is 0 Å². The van der Waals surface area contributed by atoms with Gasteiger partial charge in [-0.05, 0) is 11.1 Å². The molecule has 0 aliphatic heterocycles. The van der Waals surface area contributed by atoms with Crippen molar-refractivity contribution in [3.63, 3.8) is 0 Å². The van der Waals surface area contributed by atoms with Gasteiger partial charge in [0.15, 0.2) is 0 Å². The fourth-order valence-electron chi connectivity index (χ4n) is 3.84. The van der Waals surface area contributed by atoms with Crippen LogP contribution >= 0.6 is 0 Å². The largest absolute Gasteiger partial charge is 0.481 e. The quantitative estimate of drug-likeness (QED) is 0.738. The fraction of sp³-hybridized carbons (Fsp3) is 0.250. The fourth-order valence-corrected chi connectivity index (χ4v) is 3.84. The van der Waals surface area contributed by atoms with Gasteiger partial charge in [-0.3, -0.25) is 14.4 Å². The minimum Gasteiger partial charge on any atom is -0.481 e. The van der Waals surface area contributed by atoms with Gasteiger partial charge in [-0.25, -0.2) is 0 Å². The number of nitrogens with one attached hydrogen (secondary N) is 1. The molecule has 0 heterocycles. The minimum absolute atomic E-state index is 0.437. The van der Waals surface area contributed by atoms with Crippen molar-refractivity contribution in [1.82, 2.24) is 5.32 Å². The molecule has 26 heavy (non-hydrogen) atoms. The van der Waals surface area contributed by atoms with Crippen LogP contribution in [0.4, 0.5) is 0 Å². The predicted molar refractivity (Wildman–Crippen MR) is 93.6 cm³/mol. The molecule has 1 aliphatic carbocycles. The molecule has 3 N–H and O–H groups in total. The number of hydrogen-bond donors (Lipinski definition) is 3. The molecule has 0 radical (unpaired) electrons. The van der Waals surface area contributed by atoms with Crippen molar-refractivity contribution in [3.8, 4) is 0 Å². The second-order valence-corrected chi connectivity index (χ2v) is 6.37. The highest BCUT2D eigenvalue weighted by molar-refractivity contribution is 5.89. The van der Waals surface area contributed by atoms with Gasteiger partial charge in [-0.15, -0.1) is 0 Å². The van der Waals surface area contributed by atoms with Crippen LogP contribution in [-0.2, 0) is 14.4 Å². The lowest BCUT2D eigenvalue weighted by atomic mass is 9.52. The number of carbonyl (C=O) groups is 3. The predicted octanol–water partition coefficient (Wildman–Crippen LogP) is 2.09. The zero-order valence-electron chi connectivity index (χ0n) is 13.9. The molecule has 0 aromatic heterocycles. The number of carbonyl (C=O) groups excluding carboxylic acids is 1. The first-order valence-corrected chi connectivity index (χ1v) is 8.33. The van der Waals surface area contributed by atoms with Gasteiger partial charge in [0.2, 0.25) is 5.91 Å². The minimum atomic E-state index is -1.14. The first-order chi connectivity index (χ1) is 12.5. The number of carboxylic acids is 2. The third kappa shape index (κ3) is 3.31. The molecule has 4 atom stereocenters. The average molecular weight is 353 g/mol. The molecule has 1 aliphatic rings. The monoisotopic (exact) mass is 353 g/mol. The highest BCUT2D eigenvalue weighted by atomic mass is 16.4. The number of aliphatic carboxylic acids is 2. The summed E-state index contributed by atoms with van der Waals surface area (Å²) in [7, 11) is 0. The van der Waals surface area contributed by atoms with Gasteiger partial charge in [-0.2, -0.15) is 0 Å². The van der Waals surface area contributed by atoms with Crippen LogP contribution in [0.2, 0.25) is 0 Å². The Morgan fingerprint density at radius 1 is 0.769 bits per heavy atom. The lowest BCUT2D eigenvalue weighted by Gasteiger charge is -2.49. The molecule has 1 fully saturated rings. The highest BCUT2D eigenvalue weighted by Gasteiger charge is 2.58. The maximum absolute atomic E-state index is 12.7. The van der Waals surface area contributed by atoms with E-state index in [1.54, 1.807) is 48.5 Å². The maximum atomic E-state index is 12.7. The second kappa shape index (κ2) is 7.39. The Kier molecular flexibility index (Phi) is 5.02. The highest BCUT2D eigenvalue weighted by Crippen LogP contribution is 2.57. The summed E-state index contributed by atoms with van der Waals surface area (Å²) in [6.45, 7) is -0.490. The zero-order chi connectivity index (χ0) is 18.7. The summed E-state index contributed by atoms with van der Waals surface area (Å²) in [6, 6.07) is 18.1. The summed E-state index contributed by atoms with van der Waals surface area (Å²) in [5.74, 6) is -4.94. The summed E-state index contributed by atoms with van der Waals surface area (Å²) in [4.78, 5) is 35.5. The van der Waals surface area contributed by atoms with Crippen molar-refractivity contribution in [2.45, 2.75) is 11.8 Å². The van der Waals surface area contributed by atoms with Gasteiger partial charge < -0.3 is 15.5 Å². The van der Waals surface area contributed by atoms with Crippen molar-refractivity contribution in [2.24, 2.45) is 11.8 Å². The Morgan fingerprint density at radius 3 is 1.62 bits per heavy atom. The topological polar surface area (TPSA) is 104 Å². The summed E-state index contributed by atoms with van der Waals surface area (Å²) in [6.07, 6.45) is 0. The molecule has 3 rings (SSSR count). The van der Waals surface area contributed by atoms with Crippen LogP contribution in [0, 0.1) is 11.8 Å². The second-order valence-electron chi connectivity index (χ2n) is 6.37. The van der Waals surface area contributed by atoms with Crippen LogP contribution in [0.1, 0.15) is 23.0 Å². The van der Waals surface area contributed by atoms with E-state index < -0.39 is 48.1 Å². The first kappa shape index (κ1) is 17.7. The van der Waals surface area contributed by atoms with E-state index in [0.29, 0.717) is 0 Å². The lowest BCUT2D eigenvalue weighted by molar-refractivity contribution is -0.154. The van der Waals surface area contributed by atoms with E-state index in [1.165, 1.54) is 0 Å². The van der Waals surface area contributed by atoms with Crippen LogP contribution in [0.3, 0.4) is 0 Å². The Hall–Kier alpha value is -3.15. The van der Waals surface area contributed by atoms with E-state index in [9.17, 15) is 19.5 Å². The summed E-state index contributed by atoms with van der Waals surface area (Å²) < 4.78 is 0. The van der Waals surface area contributed by atoms with E-state index in [0.717, 1.165) is 11.1 Å². The average Bonchev–Trinajstić information content (AvgIpc) is 2.60. The van der Waals surface area contributed by atoms with E-state index in [1.807, 2.05) is 12.1 Å². The van der Waals surface area contributed by atoms with Crippen LogP contribution in [0.15, 0.2) is 60.7 Å². The SMILES string of the molecule is O=C(O)CNC(=O)C1[C@H](c2ccccc2)C(C(=O)O)[C@@H]1c1ccccc1.